The molecule has 1 aromatic rings. The summed E-state index contributed by atoms with van der Waals surface area (Å²) in [5.41, 5.74) is 1.17. The first-order valence-electron chi connectivity index (χ1n) is 6.55. The van der Waals surface area contributed by atoms with E-state index in [0.29, 0.717) is 0 Å². The maximum Gasteiger partial charge on any atom is 0.106 e. The van der Waals surface area contributed by atoms with Crippen molar-refractivity contribution in [3.05, 3.63) is 35.9 Å². The second-order valence-corrected chi connectivity index (χ2v) is 4.92. The van der Waals surface area contributed by atoms with Gasteiger partial charge < -0.3 is 0 Å². The van der Waals surface area contributed by atoms with Gasteiger partial charge in [0.15, 0.2) is 0 Å². The fraction of sp³-hybridized carbons (Fsp3) is 0.533. The number of hydrogen-bond donors (Lipinski definition) is 1. The van der Waals surface area contributed by atoms with Gasteiger partial charge in [-0.1, -0.05) is 43.2 Å². The molecule has 0 amide bonds. The Morgan fingerprint density at radius 3 is 2.53 bits per heavy atom. The van der Waals surface area contributed by atoms with E-state index < -0.39 is 0 Å². The molecule has 0 unspecified atom stereocenters. The van der Waals surface area contributed by atoms with Gasteiger partial charge in [-0.3, -0.25) is 5.32 Å². The SMILES string of the molecule is N#CC1(NCCCc2ccccc2)CCCC1. The van der Waals surface area contributed by atoms with Crippen LogP contribution in [-0.4, -0.2) is 12.1 Å². The molecule has 1 fully saturated rings. The molecule has 1 aliphatic rings. The highest BCUT2D eigenvalue weighted by atomic mass is 15.0. The Balaban J connectivity index is 1.71. The van der Waals surface area contributed by atoms with Gasteiger partial charge in [-0.2, -0.15) is 5.26 Å². The second kappa shape index (κ2) is 5.84. The average Bonchev–Trinajstić information content (AvgIpc) is 2.85. The first kappa shape index (κ1) is 12.1. The van der Waals surface area contributed by atoms with Gasteiger partial charge in [0.25, 0.3) is 0 Å². The van der Waals surface area contributed by atoms with Crippen molar-refractivity contribution >= 4 is 0 Å². The first-order valence-corrected chi connectivity index (χ1v) is 6.55. The Kier molecular flexibility index (Phi) is 4.17. The third-order valence-corrected chi connectivity index (χ3v) is 3.62. The molecule has 0 atom stereocenters. The van der Waals surface area contributed by atoms with E-state index in [-0.39, 0.29) is 5.54 Å². The molecule has 0 bridgehead atoms. The minimum absolute atomic E-state index is 0.212. The Bertz CT molecular complexity index is 372. The lowest BCUT2D eigenvalue weighted by atomic mass is 9.99. The van der Waals surface area contributed by atoms with Crippen molar-refractivity contribution in [3.63, 3.8) is 0 Å². The lowest BCUT2D eigenvalue weighted by Crippen LogP contribution is -2.41. The van der Waals surface area contributed by atoms with E-state index in [1.807, 2.05) is 6.07 Å². The molecule has 2 nitrogen and oxygen atoms in total. The van der Waals surface area contributed by atoms with Gasteiger partial charge in [0, 0.05) is 0 Å². The topological polar surface area (TPSA) is 35.8 Å². The molecular formula is C15H20N2. The molecule has 1 aromatic carbocycles. The van der Waals surface area contributed by atoms with Crippen LogP contribution >= 0.6 is 0 Å². The largest absolute Gasteiger partial charge is 0.299 e. The zero-order valence-corrected chi connectivity index (χ0v) is 10.3. The Hall–Kier alpha value is -1.33. The molecule has 2 heteroatoms. The fourth-order valence-corrected chi connectivity index (χ4v) is 2.57. The normalized spacial score (nSPS) is 17.8. The van der Waals surface area contributed by atoms with Crippen LogP contribution in [0.2, 0.25) is 0 Å². The monoisotopic (exact) mass is 228 g/mol. The van der Waals surface area contributed by atoms with Crippen molar-refractivity contribution in [1.29, 1.82) is 5.26 Å². The molecule has 17 heavy (non-hydrogen) atoms. The maximum absolute atomic E-state index is 9.22. The molecule has 2 rings (SSSR count). The molecule has 0 aliphatic heterocycles. The molecule has 0 radical (unpaired) electrons. The minimum atomic E-state index is -0.212. The summed E-state index contributed by atoms with van der Waals surface area (Å²) in [6.07, 6.45) is 6.63. The van der Waals surface area contributed by atoms with Crippen molar-refractivity contribution in [2.24, 2.45) is 0 Å². The lowest BCUT2D eigenvalue weighted by molar-refractivity contribution is 0.419. The van der Waals surface area contributed by atoms with Gasteiger partial charge in [-0.05, 0) is 37.8 Å². The fourth-order valence-electron chi connectivity index (χ4n) is 2.57. The van der Waals surface area contributed by atoms with Gasteiger partial charge in [-0.25, -0.2) is 0 Å². The minimum Gasteiger partial charge on any atom is -0.299 e. The molecule has 90 valence electrons. The highest BCUT2D eigenvalue weighted by Gasteiger charge is 2.32. The first-order chi connectivity index (χ1) is 8.35. The number of nitriles is 1. The van der Waals surface area contributed by atoms with Crippen LogP contribution in [0.3, 0.4) is 0 Å². The van der Waals surface area contributed by atoms with E-state index >= 15 is 0 Å². The van der Waals surface area contributed by atoms with Crippen LogP contribution < -0.4 is 5.32 Å². The number of nitrogens with one attached hydrogen (secondary N) is 1. The molecule has 0 saturated heterocycles. The zero-order valence-electron chi connectivity index (χ0n) is 10.3. The van der Waals surface area contributed by atoms with E-state index in [4.69, 9.17) is 0 Å². The number of rotatable bonds is 5. The van der Waals surface area contributed by atoms with Gasteiger partial charge in [-0.15, -0.1) is 0 Å². The predicted octanol–water partition coefficient (Wildman–Crippen LogP) is 3.05. The van der Waals surface area contributed by atoms with Crippen LogP contribution in [0.25, 0.3) is 0 Å². The predicted molar refractivity (Wildman–Crippen MR) is 69.6 cm³/mol. The van der Waals surface area contributed by atoms with Crippen LogP contribution in [0.15, 0.2) is 30.3 Å². The average molecular weight is 228 g/mol. The summed E-state index contributed by atoms with van der Waals surface area (Å²) in [6, 6.07) is 13.0. The van der Waals surface area contributed by atoms with Crippen molar-refractivity contribution in [1.82, 2.24) is 5.32 Å². The summed E-state index contributed by atoms with van der Waals surface area (Å²) in [5, 5.41) is 12.7. The quantitative estimate of drug-likeness (QED) is 0.786. The van der Waals surface area contributed by atoms with Crippen LogP contribution in [0.5, 0.6) is 0 Å². The number of aryl methyl sites for hydroxylation is 1. The lowest BCUT2D eigenvalue weighted by Gasteiger charge is -2.21. The third kappa shape index (κ3) is 3.31. The van der Waals surface area contributed by atoms with E-state index in [9.17, 15) is 5.26 Å². The van der Waals surface area contributed by atoms with E-state index in [0.717, 1.165) is 32.2 Å². The summed E-state index contributed by atoms with van der Waals surface area (Å²) in [7, 11) is 0. The van der Waals surface area contributed by atoms with E-state index in [2.05, 4.69) is 35.7 Å². The molecule has 1 aliphatic carbocycles. The van der Waals surface area contributed by atoms with Crippen molar-refractivity contribution < 1.29 is 0 Å². The Labute approximate surface area is 104 Å². The summed E-state index contributed by atoms with van der Waals surface area (Å²) < 4.78 is 0. The molecule has 1 N–H and O–H groups in total. The molecule has 0 spiro atoms. The number of nitrogens with zero attached hydrogens (tertiary/aromatic N) is 1. The van der Waals surface area contributed by atoms with Crippen LogP contribution in [-0.2, 0) is 6.42 Å². The van der Waals surface area contributed by atoms with Gasteiger partial charge >= 0.3 is 0 Å². The third-order valence-electron chi connectivity index (χ3n) is 3.62. The summed E-state index contributed by atoms with van der Waals surface area (Å²) in [5.74, 6) is 0. The van der Waals surface area contributed by atoms with Crippen LogP contribution in [0.1, 0.15) is 37.7 Å². The summed E-state index contributed by atoms with van der Waals surface area (Å²) >= 11 is 0. The van der Waals surface area contributed by atoms with Gasteiger partial charge in [0.2, 0.25) is 0 Å². The Morgan fingerprint density at radius 2 is 1.88 bits per heavy atom. The smallest absolute Gasteiger partial charge is 0.106 e. The van der Waals surface area contributed by atoms with Crippen molar-refractivity contribution in [3.8, 4) is 6.07 Å². The van der Waals surface area contributed by atoms with Crippen molar-refractivity contribution in [2.75, 3.05) is 6.54 Å². The summed E-state index contributed by atoms with van der Waals surface area (Å²) in [4.78, 5) is 0. The maximum atomic E-state index is 9.22. The molecular weight excluding hydrogens is 208 g/mol. The van der Waals surface area contributed by atoms with Gasteiger partial charge in [0.1, 0.15) is 5.54 Å². The van der Waals surface area contributed by atoms with Gasteiger partial charge in [0.05, 0.1) is 6.07 Å². The molecule has 1 saturated carbocycles. The highest BCUT2D eigenvalue weighted by molar-refractivity contribution is 5.15. The van der Waals surface area contributed by atoms with Crippen LogP contribution in [0, 0.1) is 11.3 Å². The van der Waals surface area contributed by atoms with E-state index in [1.165, 1.54) is 18.4 Å². The highest BCUT2D eigenvalue weighted by Crippen LogP contribution is 2.28. The number of hydrogen-bond acceptors (Lipinski definition) is 2. The zero-order chi connectivity index (χ0) is 12.0. The Morgan fingerprint density at radius 1 is 1.18 bits per heavy atom. The molecule has 0 heterocycles. The van der Waals surface area contributed by atoms with E-state index in [1.54, 1.807) is 0 Å². The van der Waals surface area contributed by atoms with Crippen LogP contribution in [0.4, 0.5) is 0 Å². The van der Waals surface area contributed by atoms with Crippen molar-refractivity contribution in [2.45, 2.75) is 44.1 Å². The second-order valence-electron chi connectivity index (χ2n) is 4.92. The molecule has 0 aromatic heterocycles. The number of benzene rings is 1. The summed E-state index contributed by atoms with van der Waals surface area (Å²) in [6.45, 7) is 0.947. The standard InChI is InChI=1S/C15H20N2/c16-13-15(10-4-5-11-15)17-12-6-9-14-7-2-1-3-8-14/h1-3,7-8,17H,4-6,9-12H2.